The lowest BCUT2D eigenvalue weighted by molar-refractivity contribution is 0.0505. The van der Waals surface area contributed by atoms with E-state index in [4.69, 9.17) is 9.73 Å². The van der Waals surface area contributed by atoms with Crippen molar-refractivity contribution in [3.63, 3.8) is 0 Å². The number of aliphatic imine (C=N–C) groups is 1. The van der Waals surface area contributed by atoms with Crippen molar-refractivity contribution in [1.29, 1.82) is 0 Å². The Balaban J connectivity index is 1.60. The van der Waals surface area contributed by atoms with Crippen LogP contribution in [0, 0.1) is 5.92 Å². The summed E-state index contributed by atoms with van der Waals surface area (Å²) in [6, 6.07) is 10.9. The van der Waals surface area contributed by atoms with E-state index >= 15 is 0 Å². The zero-order chi connectivity index (χ0) is 23.4. The molecule has 0 fully saturated rings. The topological polar surface area (TPSA) is 71.5 Å². The number of nitrogens with one attached hydrogen (secondary N) is 1. The normalized spacial score (nSPS) is 23.1. The average molecular weight is 443 g/mol. The molecule has 0 spiro atoms. The largest absolute Gasteiger partial charge is 0.462 e. The van der Waals surface area contributed by atoms with Crippen LogP contribution in [-0.2, 0) is 16.7 Å². The van der Waals surface area contributed by atoms with Gasteiger partial charge >= 0.3 is 5.97 Å². The summed E-state index contributed by atoms with van der Waals surface area (Å²) in [4.78, 5) is 32.0. The van der Waals surface area contributed by atoms with Crippen molar-refractivity contribution in [1.82, 2.24) is 4.98 Å². The minimum Gasteiger partial charge on any atom is -0.462 e. The molecule has 4 rings (SSSR count). The van der Waals surface area contributed by atoms with Crippen LogP contribution >= 0.6 is 0 Å². The van der Waals surface area contributed by atoms with Crippen LogP contribution in [0.4, 0.5) is 0 Å². The van der Waals surface area contributed by atoms with Gasteiger partial charge in [-0.2, -0.15) is 0 Å². The Hall–Kier alpha value is -3.47. The van der Waals surface area contributed by atoms with Crippen LogP contribution in [0.5, 0.6) is 0 Å². The molecular formula is C28H30N2O3. The Bertz CT molecular complexity index is 1210. The highest BCUT2D eigenvalue weighted by atomic mass is 16.5. The molecule has 1 aromatic heterocycles. The number of aromatic amines is 1. The number of esters is 1. The SMILES string of the molecule is CC=C1C2C=C(C)CC1(N=C/C=C/c1ccc(C(=O)OCCC)cc1)c1ccc(=O)[nH]c1C2. The zero-order valence-electron chi connectivity index (χ0n) is 19.4. The van der Waals surface area contributed by atoms with Crippen molar-refractivity contribution in [2.24, 2.45) is 10.9 Å². The number of nitrogens with zero attached hydrogens (tertiary/aromatic N) is 1. The lowest BCUT2D eigenvalue weighted by Crippen LogP contribution is -2.40. The lowest BCUT2D eigenvalue weighted by atomic mass is 9.63. The summed E-state index contributed by atoms with van der Waals surface area (Å²) in [5.41, 5.74) is 5.62. The molecule has 0 aliphatic heterocycles. The fourth-order valence-corrected chi connectivity index (χ4v) is 4.99. The Morgan fingerprint density at radius 2 is 2.03 bits per heavy atom. The van der Waals surface area contributed by atoms with E-state index < -0.39 is 5.54 Å². The lowest BCUT2D eigenvalue weighted by Gasteiger charge is -2.45. The van der Waals surface area contributed by atoms with Crippen molar-refractivity contribution >= 4 is 18.3 Å². The van der Waals surface area contributed by atoms with Gasteiger partial charge in [-0.05, 0) is 62.1 Å². The Morgan fingerprint density at radius 3 is 2.76 bits per heavy atom. The van der Waals surface area contributed by atoms with E-state index in [0.717, 1.165) is 36.1 Å². The maximum atomic E-state index is 12.0. The molecule has 2 aromatic rings. The van der Waals surface area contributed by atoms with Gasteiger partial charge in [0.1, 0.15) is 5.54 Å². The minimum absolute atomic E-state index is 0.0718. The molecule has 2 aliphatic rings. The van der Waals surface area contributed by atoms with Crippen molar-refractivity contribution in [2.75, 3.05) is 6.61 Å². The second-order valence-corrected chi connectivity index (χ2v) is 8.71. The Labute approximate surface area is 194 Å². The monoisotopic (exact) mass is 442 g/mol. The fraction of sp³-hybridized carbons (Fsp3) is 0.321. The number of fused-ring (bicyclic) bond motifs is 4. The van der Waals surface area contributed by atoms with Gasteiger partial charge in [-0.25, -0.2) is 4.79 Å². The molecular weight excluding hydrogens is 412 g/mol. The fourth-order valence-electron chi connectivity index (χ4n) is 4.99. The third-order valence-corrected chi connectivity index (χ3v) is 6.33. The van der Waals surface area contributed by atoms with E-state index in [1.165, 1.54) is 11.1 Å². The van der Waals surface area contributed by atoms with Crippen LogP contribution < -0.4 is 5.56 Å². The van der Waals surface area contributed by atoms with Crippen LogP contribution in [0.1, 0.15) is 60.8 Å². The van der Waals surface area contributed by atoms with Gasteiger partial charge in [0.15, 0.2) is 0 Å². The summed E-state index contributed by atoms with van der Waals surface area (Å²) in [7, 11) is 0. The van der Waals surface area contributed by atoms with Crippen molar-refractivity contribution in [3.8, 4) is 0 Å². The maximum absolute atomic E-state index is 12.0. The molecule has 2 unspecified atom stereocenters. The smallest absolute Gasteiger partial charge is 0.338 e. The molecule has 5 heteroatoms. The Kier molecular flexibility index (Phi) is 6.59. The van der Waals surface area contributed by atoms with Gasteiger partial charge in [0.25, 0.3) is 0 Å². The first-order chi connectivity index (χ1) is 16.0. The van der Waals surface area contributed by atoms with E-state index in [0.29, 0.717) is 12.2 Å². The van der Waals surface area contributed by atoms with Gasteiger partial charge in [0.2, 0.25) is 5.56 Å². The number of rotatable bonds is 6. The molecule has 33 heavy (non-hydrogen) atoms. The molecule has 5 nitrogen and oxygen atoms in total. The quantitative estimate of drug-likeness (QED) is 0.370. The molecule has 2 aliphatic carbocycles. The summed E-state index contributed by atoms with van der Waals surface area (Å²) in [5.74, 6) is -0.0494. The number of pyridine rings is 1. The summed E-state index contributed by atoms with van der Waals surface area (Å²) >= 11 is 0. The van der Waals surface area contributed by atoms with E-state index in [2.05, 4.69) is 31.0 Å². The number of aromatic nitrogens is 1. The highest BCUT2D eigenvalue weighted by Gasteiger charge is 2.46. The molecule has 0 radical (unpaired) electrons. The van der Waals surface area contributed by atoms with Gasteiger partial charge in [-0.1, -0.05) is 42.9 Å². The molecule has 2 bridgehead atoms. The number of carbonyl (C=O) groups excluding carboxylic acids is 1. The van der Waals surface area contributed by atoms with E-state index in [9.17, 15) is 9.59 Å². The van der Waals surface area contributed by atoms with Crippen LogP contribution in [0.15, 0.2) is 75.6 Å². The second-order valence-electron chi connectivity index (χ2n) is 8.71. The zero-order valence-corrected chi connectivity index (χ0v) is 19.4. The van der Waals surface area contributed by atoms with E-state index in [-0.39, 0.29) is 17.4 Å². The predicted octanol–water partition coefficient (Wildman–Crippen LogP) is 5.39. The molecule has 170 valence electrons. The number of allylic oxidation sites excluding steroid dienone is 3. The number of carbonyl (C=O) groups is 1. The van der Waals surface area contributed by atoms with Crippen molar-refractivity contribution in [3.05, 3.63) is 98.5 Å². The van der Waals surface area contributed by atoms with Crippen molar-refractivity contribution < 1.29 is 9.53 Å². The third kappa shape index (κ3) is 4.54. The van der Waals surface area contributed by atoms with Crippen LogP contribution in [0.2, 0.25) is 0 Å². The first kappa shape index (κ1) is 22.7. The van der Waals surface area contributed by atoms with Crippen LogP contribution in [0.25, 0.3) is 6.08 Å². The van der Waals surface area contributed by atoms with Crippen LogP contribution in [0.3, 0.4) is 0 Å². The number of benzene rings is 1. The molecule has 0 saturated carbocycles. The van der Waals surface area contributed by atoms with Gasteiger partial charge in [0.05, 0.1) is 12.2 Å². The standard InChI is InChI=1S/C28H30N2O3/c1-4-15-33-27(32)21-10-8-20(9-11-21)7-6-14-29-28-18-19(3)16-22(23(28)5-2)17-25-24(28)12-13-26(31)30-25/h5-14,16,22H,4,15,17-18H2,1-3H3,(H,30,31)/b7-6+,23-5?,29-14?. The summed E-state index contributed by atoms with van der Waals surface area (Å²) in [6.45, 7) is 6.63. The average Bonchev–Trinajstić information content (AvgIpc) is 2.80. The molecule has 0 amide bonds. The van der Waals surface area contributed by atoms with Gasteiger partial charge in [-0.15, -0.1) is 0 Å². The van der Waals surface area contributed by atoms with Gasteiger partial charge in [-0.3, -0.25) is 9.79 Å². The molecule has 2 atom stereocenters. The summed E-state index contributed by atoms with van der Waals surface area (Å²) in [5, 5.41) is 0. The number of ether oxygens (including phenoxy) is 1. The van der Waals surface area contributed by atoms with Gasteiger partial charge < -0.3 is 9.72 Å². The molecule has 1 aromatic carbocycles. The number of H-pyrrole nitrogens is 1. The van der Waals surface area contributed by atoms with E-state index in [1.54, 1.807) is 18.2 Å². The summed E-state index contributed by atoms with van der Waals surface area (Å²) in [6.07, 6.45) is 12.6. The number of hydrogen-bond acceptors (Lipinski definition) is 4. The van der Waals surface area contributed by atoms with E-state index in [1.807, 2.05) is 43.5 Å². The summed E-state index contributed by atoms with van der Waals surface area (Å²) < 4.78 is 5.18. The molecule has 1 heterocycles. The third-order valence-electron chi connectivity index (χ3n) is 6.33. The molecule has 0 saturated heterocycles. The minimum atomic E-state index is -0.493. The second kappa shape index (κ2) is 9.57. The first-order valence-electron chi connectivity index (χ1n) is 11.5. The number of hydrogen-bond donors (Lipinski definition) is 1. The highest BCUT2D eigenvalue weighted by Crippen LogP contribution is 2.51. The predicted molar refractivity (Wildman–Crippen MR) is 133 cm³/mol. The Morgan fingerprint density at radius 1 is 1.24 bits per heavy atom. The molecule has 1 N–H and O–H groups in total. The highest BCUT2D eigenvalue weighted by molar-refractivity contribution is 5.89. The van der Waals surface area contributed by atoms with Gasteiger partial charge in [0, 0.05) is 35.9 Å². The first-order valence-corrected chi connectivity index (χ1v) is 11.5. The maximum Gasteiger partial charge on any atom is 0.338 e. The van der Waals surface area contributed by atoms with Crippen LogP contribution in [-0.4, -0.2) is 23.8 Å². The van der Waals surface area contributed by atoms with Crippen molar-refractivity contribution in [2.45, 2.75) is 45.6 Å².